The van der Waals surface area contributed by atoms with Gasteiger partial charge in [-0.05, 0) is 37.2 Å². The molecule has 1 aromatic carbocycles. The fourth-order valence-electron chi connectivity index (χ4n) is 1.88. The molecule has 1 N–H and O–H groups in total. The molecule has 0 aromatic heterocycles. The molecule has 100 valence electrons. The summed E-state index contributed by atoms with van der Waals surface area (Å²) in [5.74, 6) is -1.00. The predicted molar refractivity (Wildman–Crippen MR) is 72.2 cm³/mol. The van der Waals surface area contributed by atoms with E-state index in [0.717, 1.165) is 18.4 Å². The first-order chi connectivity index (χ1) is 9.15. The number of aliphatic carboxylic acids is 1. The Morgan fingerprint density at radius 1 is 1.21 bits per heavy atom. The lowest BCUT2D eigenvalue weighted by molar-refractivity contribution is -0.130. The molecule has 1 aromatic rings. The average molecular weight is 259 g/mol. The Labute approximate surface area is 112 Å². The largest absolute Gasteiger partial charge is 0.477 e. The fraction of sp³-hybridized carbons (Fsp3) is 0.400. The minimum absolute atomic E-state index is 0.0144. The van der Waals surface area contributed by atoms with Crippen molar-refractivity contribution in [2.75, 3.05) is 0 Å². The van der Waals surface area contributed by atoms with Crippen LogP contribution in [0.4, 0.5) is 0 Å². The van der Waals surface area contributed by atoms with Crippen LogP contribution in [0.2, 0.25) is 0 Å². The maximum absolute atomic E-state index is 11.7. The van der Waals surface area contributed by atoms with Gasteiger partial charge in [0, 0.05) is 6.42 Å². The van der Waals surface area contributed by atoms with Gasteiger partial charge in [0.2, 0.25) is 5.91 Å². The number of aryl methyl sites for hydroxylation is 1. The third-order valence-electron chi connectivity index (χ3n) is 3.16. The molecule has 4 heteroatoms. The fourth-order valence-corrected chi connectivity index (χ4v) is 1.88. The molecular formula is C15H17NO3. The molecular weight excluding hydrogens is 242 g/mol. The monoisotopic (exact) mass is 259 g/mol. The van der Waals surface area contributed by atoms with Crippen LogP contribution < -0.4 is 0 Å². The zero-order chi connectivity index (χ0) is 13.7. The smallest absolute Gasteiger partial charge is 0.350 e. The summed E-state index contributed by atoms with van der Waals surface area (Å²) in [6.45, 7) is 0. The number of amides is 1. The zero-order valence-electron chi connectivity index (χ0n) is 10.7. The number of benzene rings is 1. The summed E-state index contributed by atoms with van der Waals surface area (Å²) in [5.41, 5.74) is 1.07. The number of hydrogen-bond acceptors (Lipinski definition) is 2. The van der Waals surface area contributed by atoms with Gasteiger partial charge in [-0.3, -0.25) is 4.79 Å². The summed E-state index contributed by atoms with van der Waals surface area (Å²) in [6.07, 6.45) is 3.37. The lowest BCUT2D eigenvalue weighted by Gasteiger charge is -2.01. The van der Waals surface area contributed by atoms with Gasteiger partial charge in [0.1, 0.15) is 5.71 Å². The van der Waals surface area contributed by atoms with Gasteiger partial charge in [0.05, 0.1) is 0 Å². The molecule has 19 heavy (non-hydrogen) atoms. The summed E-state index contributed by atoms with van der Waals surface area (Å²) in [7, 11) is 0. The van der Waals surface area contributed by atoms with Crippen molar-refractivity contribution in [2.24, 2.45) is 10.9 Å². The molecule has 1 aliphatic carbocycles. The zero-order valence-corrected chi connectivity index (χ0v) is 10.7. The first-order valence-electron chi connectivity index (χ1n) is 6.53. The van der Waals surface area contributed by atoms with Crippen LogP contribution in [0.15, 0.2) is 35.3 Å². The van der Waals surface area contributed by atoms with Crippen LogP contribution in [-0.4, -0.2) is 22.7 Å². The molecule has 0 spiro atoms. The molecule has 2 rings (SSSR count). The summed E-state index contributed by atoms with van der Waals surface area (Å²) < 4.78 is 0. The number of hydrogen-bond donors (Lipinski definition) is 1. The van der Waals surface area contributed by atoms with E-state index in [9.17, 15) is 9.59 Å². The van der Waals surface area contributed by atoms with Crippen molar-refractivity contribution >= 4 is 17.6 Å². The van der Waals surface area contributed by atoms with Crippen LogP contribution in [0.25, 0.3) is 0 Å². The molecule has 0 aliphatic heterocycles. The van der Waals surface area contributed by atoms with Gasteiger partial charge in [-0.25, -0.2) is 9.79 Å². The first-order valence-corrected chi connectivity index (χ1v) is 6.53. The number of carboxylic acid groups (broad SMARTS) is 1. The highest BCUT2D eigenvalue weighted by Crippen LogP contribution is 2.32. The van der Waals surface area contributed by atoms with Gasteiger partial charge in [0.25, 0.3) is 0 Å². The molecule has 0 atom stereocenters. The Bertz CT molecular complexity index is 489. The van der Waals surface area contributed by atoms with Gasteiger partial charge >= 0.3 is 5.97 Å². The van der Waals surface area contributed by atoms with Crippen LogP contribution in [0, 0.1) is 5.92 Å². The van der Waals surface area contributed by atoms with E-state index in [-0.39, 0.29) is 18.0 Å². The predicted octanol–water partition coefficient (Wildman–Crippen LogP) is 2.47. The van der Waals surface area contributed by atoms with Crippen molar-refractivity contribution in [1.29, 1.82) is 0 Å². The number of carbonyl (C=O) groups excluding carboxylic acids is 1. The normalized spacial score (nSPS) is 15.3. The van der Waals surface area contributed by atoms with Gasteiger partial charge in [-0.1, -0.05) is 30.3 Å². The SMILES string of the molecule is O=C(CCc1ccccc1)N=C(CC1CC1)C(=O)O. The Morgan fingerprint density at radius 3 is 2.47 bits per heavy atom. The number of aliphatic imine (C=N–C) groups is 1. The average Bonchev–Trinajstić information content (AvgIpc) is 3.21. The summed E-state index contributed by atoms with van der Waals surface area (Å²) >= 11 is 0. The van der Waals surface area contributed by atoms with E-state index in [4.69, 9.17) is 5.11 Å². The maximum atomic E-state index is 11.7. The van der Waals surface area contributed by atoms with Crippen molar-refractivity contribution in [2.45, 2.75) is 32.1 Å². The highest BCUT2D eigenvalue weighted by Gasteiger charge is 2.26. The molecule has 4 nitrogen and oxygen atoms in total. The van der Waals surface area contributed by atoms with Crippen LogP contribution >= 0.6 is 0 Å². The van der Waals surface area contributed by atoms with E-state index in [2.05, 4.69) is 4.99 Å². The maximum Gasteiger partial charge on any atom is 0.350 e. The molecule has 1 saturated carbocycles. The van der Waals surface area contributed by atoms with Crippen molar-refractivity contribution in [3.63, 3.8) is 0 Å². The number of rotatable bonds is 6. The van der Waals surface area contributed by atoms with Gasteiger partial charge in [0.15, 0.2) is 0 Å². The minimum atomic E-state index is -1.07. The van der Waals surface area contributed by atoms with Crippen LogP contribution in [0.5, 0.6) is 0 Å². The molecule has 1 amide bonds. The molecule has 0 heterocycles. The Hall–Kier alpha value is -1.97. The highest BCUT2D eigenvalue weighted by atomic mass is 16.4. The molecule has 0 saturated heterocycles. The summed E-state index contributed by atoms with van der Waals surface area (Å²) in [5, 5.41) is 9.00. The van der Waals surface area contributed by atoms with Crippen molar-refractivity contribution in [3.8, 4) is 0 Å². The van der Waals surface area contributed by atoms with Crippen molar-refractivity contribution < 1.29 is 14.7 Å². The number of nitrogens with zero attached hydrogens (tertiary/aromatic N) is 1. The minimum Gasteiger partial charge on any atom is -0.477 e. The Kier molecular flexibility index (Phi) is 4.44. The molecule has 1 aliphatic rings. The lowest BCUT2D eigenvalue weighted by Crippen LogP contribution is -2.16. The Balaban J connectivity index is 1.88. The molecule has 1 fully saturated rings. The van der Waals surface area contributed by atoms with Crippen LogP contribution in [-0.2, 0) is 16.0 Å². The molecule has 0 bridgehead atoms. The van der Waals surface area contributed by atoms with E-state index in [0.29, 0.717) is 18.8 Å². The van der Waals surface area contributed by atoms with E-state index in [1.165, 1.54) is 0 Å². The van der Waals surface area contributed by atoms with Gasteiger partial charge in [-0.15, -0.1) is 0 Å². The van der Waals surface area contributed by atoms with Crippen LogP contribution in [0.1, 0.15) is 31.2 Å². The second-order valence-electron chi connectivity index (χ2n) is 4.89. The van der Waals surface area contributed by atoms with E-state index in [1.807, 2.05) is 30.3 Å². The van der Waals surface area contributed by atoms with E-state index >= 15 is 0 Å². The van der Waals surface area contributed by atoms with Crippen LogP contribution in [0.3, 0.4) is 0 Å². The quantitative estimate of drug-likeness (QED) is 0.798. The summed E-state index contributed by atoms with van der Waals surface area (Å²) in [6, 6.07) is 9.64. The lowest BCUT2D eigenvalue weighted by atomic mass is 10.1. The second kappa shape index (κ2) is 6.27. The second-order valence-corrected chi connectivity index (χ2v) is 4.89. The highest BCUT2D eigenvalue weighted by molar-refractivity contribution is 6.37. The summed E-state index contributed by atoms with van der Waals surface area (Å²) in [4.78, 5) is 26.4. The van der Waals surface area contributed by atoms with Crippen molar-refractivity contribution in [1.82, 2.24) is 0 Å². The van der Waals surface area contributed by atoms with Crippen molar-refractivity contribution in [3.05, 3.63) is 35.9 Å². The van der Waals surface area contributed by atoms with Gasteiger partial charge < -0.3 is 5.11 Å². The Morgan fingerprint density at radius 2 is 1.89 bits per heavy atom. The third kappa shape index (κ3) is 4.66. The first kappa shape index (κ1) is 13.5. The standard InChI is InChI=1S/C15H17NO3/c17-14(9-8-11-4-2-1-3-5-11)16-13(15(18)19)10-12-6-7-12/h1-5,12H,6-10H2,(H,18,19). The number of carboxylic acids is 1. The number of carbonyl (C=O) groups is 2. The third-order valence-corrected chi connectivity index (χ3v) is 3.16. The topological polar surface area (TPSA) is 66.7 Å². The molecule has 0 unspecified atom stereocenters. The van der Waals surface area contributed by atoms with Gasteiger partial charge in [-0.2, -0.15) is 0 Å². The molecule has 0 radical (unpaired) electrons. The van der Waals surface area contributed by atoms with E-state index in [1.54, 1.807) is 0 Å². The van der Waals surface area contributed by atoms with E-state index < -0.39 is 5.97 Å².